The number of halogens is 1. The Bertz CT molecular complexity index is 763. The molecule has 24 heavy (non-hydrogen) atoms. The zero-order valence-corrected chi connectivity index (χ0v) is 12.5. The number of hydroxylamine groups is 1. The minimum absolute atomic E-state index is 0.0574. The zero-order chi connectivity index (χ0) is 16.9. The number of rotatable bonds is 7. The molecule has 1 aliphatic carbocycles. The number of amides is 1. The number of hydrogen-bond donors (Lipinski definition) is 4. The first-order valence-corrected chi connectivity index (χ1v) is 7.23. The average Bonchev–Trinajstić information content (AvgIpc) is 3.03. The Morgan fingerprint density at radius 3 is 3.12 bits per heavy atom. The molecule has 0 fully saturated rings. The number of amidine groups is 1. The molecule has 10 heteroatoms. The number of carbonyl (C=O) groups is 1. The van der Waals surface area contributed by atoms with Crippen molar-refractivity contribution < 1.29 is 19.0 Å². The van der Waals surface area contributed by atoms with Crippen molar-refractivity contribution >= 4 is 18.1 Å². The van der Waals surface area contributed by atoms with Crippen molar-refractivity contribution in [2.45, 2.75) is 12.5 Å². The van der Waals surface area contributed by atoms with Crippen molar-refractivity contribution in [3.63, 3.8) is 0 Å². The summed E-state index contributed by atoms with van der Waals surface area (Å²) < 4.78 is 18.0. The molecule has 1 atom stereocenters. The molecule has 1 unspecified atom stereocenters. The number of fused-ring (bicyclic) bond motifs is 1. The molecule has 0 bridgehead atoms. The predicted octanol–water partition coefficient (Wildman–Crippen LogP) is 0.389. The van der Waals surface area contributed by atoms with E-state index in [1.165, 1.54) is 12.1 Å². The maximum atomic E-state index is 13.3. The Morgan fingerprint density at radius 2 is 2.33 bits per heavy atom. The second kappa shape index (κ2) is 7.04. The monoisotopic (exact) mass is 334 g/mol. The van der Waals surface area contributed by atoms with E-state index in [4.69, 9.17) is 0 Å². The Kier molecular flexibility index (Phi) is 4.66. The van der Waals surface area contributed by atoms with Crippen LogP contribution in [0.1, 0.15) is 22.9 Å². The molecule has 1 aromatic carbocycles. The minimum Gasteiger partial charge on any atom is -0.363 e. The number of aromatic nitrogens is 2. The molecule has 1 amide bonds. The Morgan fingerprint density at radius 1 is 1.46 bits per heavy atom. The lowest BCUT2D eigenvalue weighted by Crippen LogP contribution is -2.27. The topological polar surface area (TPSA) is 125 Å². The summed E-state index contributed by atoms with van der Waals surface area (Å²) in [6, 6.07) is 4.26. The lowest BCUT2D eigenvalue weighted by atomic mass is 9.83. The van der Waals surface area contributed by atoms with Crippen LogP contribution in [-0.4, -0.2) is 40.9 Å². The largest absolute Gasteiger partial charge is 0.363 e. The van der Waals surface area contributed by atoms with Gasteiger partial charge in [-0.2, -0.15) is 0 Å². The molecule has 4 N–H and O–H groups in total. The number of nitrogens with zero attached hydrogens (tertiary/aromatic N) is 3. The summed E-state index contributed by atoms with van der Waals surface area (Å²) in [5, 5.41) is 22.1. The lowest BCUT2D eigenvalue weighted by molar-refractivity contribution is -0.109. The van der Waals surface area contributed by atoms with Crippen molar-refractivity contribution in [3.05, 3.63) is 40.8 Å². The molecule has 1 aromatic heterocycles. The van der Waals surface area contributed by atoms with Gasteiger partial charge in [-0.3, -0.25) is 20.5 Å². The number of nitrogens with one attached hydrogen (secondary N) is 3. The summed E-state index contributed by atoms with van der Waals surface area (Å²) in [6.07, 6.45) is 1.22. The van der Waals surface area contributed by atoms with E-state index in [0.717, 1.165) is 11.1 Å². The summed E-state index contributed by atoms with van der Waals surface area (Å²) in [7, 11) is 0. The van der Waals surface area contributed by atoms with Crippen molar-refractivity contribution in [2.75, 3.05) is 18.4 Å². The zero-order valence-electron chi connectivity index (χ0n) is 12.5. The maximum Gasteiger partial charge on any atom is 0.207 e. The van der Waals surface area contributed by atoms with E-state index in [1.807, 2.05) is 5.48 Å². The predicted molar refractivity (Wildman–Crippen MR) is 81.2 cm³/mol. The fourth-order valence-electron chi connectivity index (χ4n) is 2.43. The van der Waals surface area contributed by atoms with E-state index in [1.54, 1.807) is 6.07 Å². The van der Waals surface area contributed by atoms with Crippen LogP contribution in [-0.2, 0) is 11.2 Å². The van der Waals surface area contributed by atoms with Crippen LogP contribution in [0.4, 0.5) is 10.2 Å². The van der Waals surface area contributed by atoms with Gasteiger partial charge in [0.1, 0.15) is 5.82 Å². The van der Waals surface area contributed by atoms with Gasteiger partial charge >= 0.3 is 0 Å². The highest BCUT2D eigenvalue weighted by molar-refractivity contribution is 6.00. The molecule has 1 aliphatic rings. The molecule has 0 saturated heterocycles. The Hall–Kier alpha value is -3.01. The van der Waals surface area contributed by atoms with Gasteiger partial charge in [0.15, 0.2) is 11.5 Å². The van der Waals surface area contributed by atoms with Crippen LogP contribution >= 0.6 is 0 Å². The third-order valence-electron chi connectivity index (χ3n) is 3.63. The first-order valence-electron chi connectivity index (χ1n) is 7.23. The van der Waals surface area contributed by atoms with Crippen LogP contribution in [0, 0.1) is 5.82 Å². The van der Waals surface area contributed by atoms with Gasteiger partial charge in [0, 0.05) is 13.1 Å². The molecule has 126 valence electrons. The second-order valence-electron chi connectivity index (χ2n) is 5.11. The molecule has 3 rings (SSSR count). The summed E-state index contributed by atoms with van der Waals surface area (Å²) in [5.41, 5.74) is 3.94. The van der Waals surface area contributed by atoms with E-state index >= 15 is 0 Å². The van der Waals surface area contributed by atoms with Gasteiger partial charge in [-0.05, 0) is 40.0 Å². The summed E-state index contributed by atoms with van der Waals surface area (Å²) in [4.78, 5) is 14.5. The molecular weight excluding hydrogens is 319 g/mol. The van der Waals surface area contributed by atoms with Gasteiger partial charge in [-0.15, -0.1) is 0 Å². The first kappa shape index (κ1) is 15.9. The van der Waals surface area contributed by atoms with Crippen LogP contribution in [0.25, 0.3) is 0 Å². The lowest BCUT2D eigenvalue weighted by Gasteiger charge is -2.27. The van der Waals surface area contributed by atoms with Crippen molar-refractivity contribution in [1.82, 2.24) is 21.1 Å². The highest BCUT2D eigenvalue weighted by Gasteiger charge is 2.28. The number of hydrogen-bond acceptors (Lipinski definition) is 7. The van der Waals surface area contributed by atoms with Gasteiger partial charge in [-0.1, -0.05) is 6.07 Å². The highest BCUT2D eigenvalue weighted by Crippen LogP contribution is 2.36. The van der Waals surface area contributed by atoms with Gasteiger partial charge in [-0.25, -0.2) is 9.02 Å². The Labute approximate surface area is 135 Å². The maximum absolute atomic E-state index is 13.3. The molecule has 0 spiro atoms. The van der Waals surface area contributed by atoms with Crippen molar-refractivity contribution in [2.24, 2.45) is 4.99 Å². The second-order valence-corrected chi connectivity index (χ2v) is 5.11. The number of aliphatic imine (C=N–C) groups is 1. The fourth-order valence-corrected chi connectivity index (χ4v) is 2.43. The highest BCUT2D eigenvalue weighted by atomic mass is 19.1. The minimum atomic E-state index is -0.333. The third kappa shape index (κ3) is 3.18. The van der Waals surface area contributed by atoms with E-state index in [-0.39, 0.29) is 29.2 Å². The molecule has 9 nitrogen and oxygen atoms in total. The van der Waals surface area contributed by atoms with Crippen LogP contribution in [0.5, 0.6) is 0 Å². The smallest absolute Gasteiger partial charge is 0.207 e. The summed E-state index contributed by atoms with van der Waals surface area (Å²) >= 11 is 0. The van der Waals surface area contributed by atoms with Gasteiger partial charge in [0.25, 0.3) is 0 Å². The van der Waals surface area contributed by atoms with Crippen LogP contribution in [0.2, 0.25) is 0 Å². The molecule has 1 heterocycles. The molecule has 0 saturated carbocycles. The van der Waals surface area contributed by atoms with E-state index in [0.29, 0.717) is 25.9 Å². The summed E-state index contributed by atoms with van der Waals surface area (Å²) in [6.45, 7) is 0.764. The molecular formula is C14H15FN6O3. The van der Waals surface area contributed by atoms with Crippen molar-refractivity contribution in [1.29, 1.82) is 0 Å². The van der Waals surface area contributed by atoms with Crippen molar-refractivity contribution in [3.8, 4) is 0 Å². The van der Waals surface area contributed by atoms with Gasteiger partial charge in [0.2, 0.25) is 12.2 Å². The van der Waals surface area contributed by atoms with Crippen LogP contribution < -0.4 is 16.1 Å². The standard InChI is InChI=1S/C14H15FN6O3/c15-9-2-1-8-5-11(10(8)6-9)18-14(19-23)12-13(21-24-20-12)17-4-3-16-7-22/h1-2,6-7,11,23H,3-5H2,(H,16,22)(H,17,21)(H,18,19). The number of benzene rings is 1. The molecule has 2 aromatic rings. The molecule has 0 radical (unpaired) electrons. The average molecular weight is 334 g/mol. The van der Waals surface area contributed by atoms with E-state index in [2.05, 4.69) is 30.6 Å². The van der Waals surface area contributed by atoms with E-state index in [9.17, 15) is 14.4 Å². The third-order valence-corrected chi connectivity index (χ3v) is 3.63. The SMILES string of the molecule is O=CNCCNc1nonc1C(=NC1Cc2ccc(F)cc21)NO. The quantitative estimate of drug-likeness (QED) is 0.190. The first-order chi connectivity index (χ1) is 11.7. The fraction of sp³-hybridized carbons (Fsp3) is 0.286. The van der Waals surface area contributed by atoms with Gasteiger partial charge < -0.3 is 10.6 Å². The number of anilines is 1. The number of carbonyl (C=O) groups excluding carboxylic acids is 1. The molecule has 0 aliphatic heterocycles. The normalized spacial score (nSPS) is 16.1. The van der Waals surface area contributed by atoms with Crippen LogP contribution in [0.15, 0.2) is 27.8 Å². The van der Waals surface area contributed by atoms with E-state index < -0.39 is 0 Å². The Balaban J connectivity index is 1.75. The van der Waals surface area contributed by atoms with Gasteiger partial charge in [0.05, 0.1) is 6.04 Å². The summed E-state index contributed by atoms with van der Waals surface area (Å²) in [5.74, 6) is -0.0101. The van der Waals surface area contributed by atoms with Crippen LogP contribution in [0.3, 0.4) is 0 Å².